The van der Waals surface area contributed by atoms with E-state index in [4.69, 9.17) is 4.74 Å². The van der Waals surface area contributed by atoms with Crippen LogP contribution >= 0.6 is 0 Å². The Morgan fingerprint density at radius 2 is 1.32 bits per heavy atom. The maximum atomic E-state index is 11.9. The molecule has 0 aromatic heterocycles. The fraction of sp³-hybridized carbons (Fsp3) is 0.176. The summed E-state index contributed by atoms with van der Waals surface area (Å²) < 4.78 is 5.50. The van der Waals surface area contributed by atoms with Gasteiger partial charge in [0.2, 0.25) is 0 Å². The van der Waals surface area contributed by atoms with Crippen molar-refractivity contribution in [3.8, 4) is 5.75 Å². The summed E-state index contributed by atoms with van der Waals surface area (Å²) in [5.74, 6) is -0.0611. The van der Waals surface area contributed by atoms with Crippen LogP contribution < -0.4 is 15.6 Å². The van der Waals surface area contributed by atoms with Crippen molar-refractivity contribution in [1.82, 2.24) is 10.9 Å². The molecule has 2 rings (SSSR count). The van der Waals surface area contributed by atoms with Crippen molar-refractivity contribution in [3.05, 3.63) is 65.7 Å². The van der Waals surface area contributed by atoms with E-state index in [0.717, 1.165) is 0 Å². The molecule has 2 aromatic rings. The van der Waals surface area contributed by atoms with Crippen molar-refractivity contribution in [2.24, 2.45) is 0 Å². The Hall–Kier alpha value is -2.82. The molecule has 0 bridgehead atoms. The van der Waals surface area contributed by atoms with E-state index in [1.165, 1.54) is 0 Å². The van der Waals surface area contributed by atoms with E-state index in [1.807, 2.05) is 19.9 Å². The number of nitrogens with one attached hydrogen (secondary N) is 2. The van der Waals surface area contributed by atoms with Gasteiger partial charge in [-0.3, -0.25) is 20.4 Å². The largest absolute Gasteiger partial charge is 0.491 e. The van der Waals surface area contributed by atoms with Gasteiger partial charge in [-0.1, -0.05) is 18.2 Å². The van der Waals surface area contributed by atoms with Gasteiger partial charge in [-0.2, -0.15) is 0 Å². The highest BCUT2D eigenvalue weighted by atomic mass is 16.5. The van der Waals surface area contributed by atoms with E-state index in [9.17, 15) is 9.59 Å². The van der Waals surface area contributed by atoms with Crippen LogP contribution in [0.4, 0.5) is 0 Å². The summed E-state index contributed by atoms with van der Waals surface area (Å²) in [6, 6.07) is 15.4. The first-order chi connectivity index (χ1) is 10.6. The number of carbonyl (C=O) groups is 2. The number of benzene rings is 2. The molecule has 0 radical (unpaired) electrons. The Morgan fingerprint density at radius 3 is 1.82 bits per heavy atom. The molecule has 5 nitrogen and oxygen atoms in total. The molecule has 0 aliphatic heterocycles. The molecule has 5 heteroatoms. The Labute approximate surface area is 129 Å². The molecule has 0 aliphatic rings. The third-order valence-electron chi connectivity index (χ3n) is 2.81. The van der Waals surface area contributed by atoms with Gasteiger partial charge in [0.25, 0.3) is 11.8 Å². The highest BCUT2D eigenvalue weighted by Gasteiger charge is 2.09. The second-order valence-electron chi connectivity index (χ2n) is 4.97. The predicted octanol–water partition coefficient (Wildman–Crippen LogP) is 2.55. The van der Waals surface area contributed by atoms with Crippen molar-refractivity contribution in [1.29, 1.82) is 0 Å². The number of rotatable bonds is 4. The van der Waals surface area contributed by atoms with Gasteiger partial charge in [0.05, 0.1) is 6.10 Å². The lowest BCUT2D eigenvalue weighted by Gasteiger charge is -2.10. The number of ether oxygens (including phenoxy) is 1. The molecule has 0 atom stereocenters. The second-order valence-corrected chi connectivity index (χ2v) is 4.97. The fourth-order valence-corrected chi connectivity index (χ4v) is 1.80. The van der Waals surface area contributed by atoms with Gasteiger partial charge in [-0.25, -0.2) is 0 Å². The molecule has 114 valence electrons. The second kappa shape index (κ2) is 7.26. The summed E-state index contributed by atoms with van der Waals surface area (Å²) in [7, 11) is 0. The molecule has 0 aliphatic carbocycles. The summed E-state index contributed by atoms with van der Waals surface area (Å²) in [5.41, 5.74) is 5.66. The monoisotopic (exact) mass is 298 g/mol. The molecule has 0 spiro atoms. The van der Waals surface area contributed by atoms with Gasteiger partial charge in [0, 0.05) is 11.1 Å². The van der Waals surface area contributed by atoms with E-state index in [-0.39, 0.29) is 17.9 Å². The van der Waals surface area contributed by atoms with Crippen molar-refractivity contribution in [2.75, 3.05) is 0 Å². The highest BCUT2D eigenvalue weighted by molar-refractivity contribution is 5.99. The lowest BCUT2D eigenvalue weighted by atomic mass is 10.2. The topological polar surface area (TPSA) is 67.4 Å². The predicted molar refractivity (Wildman–Crippen MR) is 83.6 cm³/mol. The van der Waals surface area contributed by atoms with Crippen LogP contribution in [-0.4, -0.2) is 17.9 Å². The van der Waals surface area contributed by atoms with E-state index in [2.05, 4.69) is 10.9 Å². The first-order valence-electron chi connectivity index (χ1n) is 6.98. The first kappa shape index (κ1) is 15.6. The maximum Gasteiger partial charge on any atom is 0.269 e. The lowest BCUT2D eigenvalue weighted by molar-refractivity contribution is 0.0846. The van der Waals surface area contributed by atoms with Crippen LogP contribution in [0.15, 0.2) is 54.6 Å². The average Bonchev–Trinajstić information content (AvgIpc) is 2.53. The molecule has 2 aromatic carbocycles. The number of hydrogen-bond acceptors (Lipinski definition) is 3. The van der Waals surface area contributed by atoms with E-state index in [1.54, 1.807) is 48.5 Å². The summed E-state index contributed by atoms with van der Waals surface area (Å²) in [5, 5.41) is 0. The fourth-order valence-electron chi connectivity index (χ4n) is 1.80. The van der Waals surface area contributed by atoms with Crippen molar-refractivity contribution < 1.29 is 14.3 Å². The lowest BCUT2D eigenvalue weighted by Crippen LogP contribution is -2.41. The zero-order valence-electron chi connectivity index (χ0n) is 12.5. The zero-order chi connectivity index (χ0) is 15.9. The summed E-state index contributed by atoms with van der Waals surface area (Å²) >= 11 is 0. The summed E-state index contributed by atoms with van der Waals surface area (Å²) in [6.45, 7) is 3.86. The van der Waals surface area contributed by atoms with Crippen LogP contribution in [0.2, 0.25) is 0 Å². The van der Waals surface area contributed by atoms with Gasteiger partial charge in [0.1, 0.15) is 5.75 Å². The Balaban J connectivity index is 1.91. The third-order valence-corrected chi connectivity index (χ3v) is 2.81. The summed E-state index contributed by atoms with van der Waals surface area (Å²) in [4.78, 5) is 23.8. The Kier molecular flexibility index (Phi) is 5.14. The maximum absolute atomic E-state index is 11.9. The van der Waals surface area contributed by atoms with Crippen molar-refractivity contribution in [2.45, 2.75) is 20.0 Å². The molecule has 0 saturated carbocycles. The molecule has 0 fully saturated rings. The Morgan fingerprint density at radius 1 is 0.818 bits per heavy atom. The van der Waals surface area contributed by atoms with Crippen LogP contribution in [0, 0.1) is 0 Å². The standard InChI is InChI=1S/C17H18N2O3/c1-12(2)22-15-10-8-14(9-11-15)17(21)19-18-16(20)13-6-4-3-5-7-13/h3-12H,1-2H3,(H,18,20)(H,19,21). The molecular weight excluding hydrogens is 280 g/mol. The van der Waals surface area contributed by atoms with E-state index >= 15 is 0 Å². The molecule has 22 heavy (non-hydrogen) atoms. The smallest absolute Gasteiger partial charge is 0.269 e. The van der Waals surface area contributed by atoms with Crippen molar-refractivity contribution >= 4 is 11.8 Å². The van der Waals surface area contributed by atoms with Gasteiger partial charge in [0.15, 0.2) is 0 Å². The number of carbonyl (C=O) groups excluding carboxylic acids is 2. The van der Waals surface area contributed by atoms with Crippen LogP contribution in [0.1, 0.15) is 34.6 Å². The molecular formula is C17H18N2O3. The normalized spacial score (nSPS) is 10.1. The quantitative estimate of drug-likeness (QED) is 0.852. The van der Waals surface area contributed by atoms with Crippen LogP contribution in [-0.2, 0) is 0 Å². The molecule has 0 heterocycles. The van der Waals surface area contributed by atoms with Gasteiger partial charge >= 0.3 is 0 Å². The number of hydrazine groups is 1. The van der Waals surface area contributed by atoms with E-state index < -0.39 is 0 Å². The molecule has 2 N–H and O–H groups in total. The van der Waals surface area contributed by atoms with Gasteiger partial charge in [-0.05, 0) is 50.2 Å². The SMILES string of the molecule is CC(C)Oc1ccc(C(=O)NNC(=O)c2ccccc2)cc1. The van der Waals surface area contributed by atoms with Crippen LogP contribution in [0.3, 0.4) is 0 Å². The number of amides is 2. The number of hydrogen-bond donors (Lipinski definition) is 2. The third kappa shape index (κ3) is 4.34. The average molecular weight is 298 g/mol. The molecule has 2 amide bonds. The first-order valence-corrected chi connectivity index (χ1v) is 6.98. The van der Waals surface area contributed by atoms with Gasteiger partial charge in [-0.15, -0.1) is 0 Å². The Bertz CT molecular complexity index is 637. The minimum absolute atomic E-state index is 0.0739. The summed E-state index contributed by atoms with van der Waals surface area (Å²) in [6.07, 6.45) is 0.0739. The minimum Gasteiger partial charge on any atom is -0.491 e. The van der Waals surface area contributed by atoms with E-state index in [0.29, 0.717) is 16.9 Å². The van der Waals surface area contributed by atoms with Crippen LogP contribution in [0.5, 0.6) is 5.75 Å². The molecule has 0 saturated heterocycles. The van der Waals surface area contributed by atoms with Crippen LogP contribution in [0.25, 0.3) is 0 Å². The molecule has 0 unspecified atom stereocenters. The minimum atomic E-state index is -0.389. The van der Waals surface area contributed by atoms with Gasteiger partial charge < -0.3 is 4.74 Å². The van der Waals surface area contributed by atoms with Crippen molar-refractivity contribution in [3.63, 3.8) is 0 Å². The highest BCUT2D eigenvalue weighted by Crippen LogP contribution is 2.13. The zero-order valence-corrected chi connectivity index (χ0v) is 12.5.